The molecule has 13 heteroatoms. The Labute approximate surface area is 231 Å². The number of nitrogens with zero attached hydrogens (tertiary/aromatic N) is 8. The minimum atomic E-state index is -0.553. The van der Waals surface area contributed by atoms with E-state index < -0.39 is 11.5 Å². The summed E-state index contributed by atoms with van der Waals surface area (Å²) in [5.74, 6) is 0.292. The average Bonchev–Trinajstić information content (AvgIpc) is 3.56. The number of carbonyl (C=O) groups is 3. The number of aromatic nitrogens is 5. The number of amides is 2. The largest absolute Gasteiger partial charge is 0.444 e. The van der Waals surface area contributed by atoms with Gasteiger partial charge in [-0.2, -0.15) is 15.5 Å². The maximum Gasteiger partial charge on any atom is 0.410 e. The van der Waals surface area contributed by atoms with E-state index in [9.17, 15) is 19.6 Å². The fourth-order valence-electron chi connectivity index (χ4n) is 5.08. The summed E-state index contributed by atoms with van der Waals surface area (Å²) in [5.41, 5.74) is 0.529. The van der Waals surface area contributed by atoms with Crippen molar-refractivity contribution in [3.8, 4) is 6.07 Å². The van der Waals surface area contributed by atoms with E-state index in [2.05, 4.69) is 21.6 Å². The Kier molecular flexibility index (Phi) is 7.42. The first-order valence-electron chi connectivity index (χ1n) is 13.5. The molecule has 13 nitrogen and oxygen atoms in total. The lowest BCUT2D eigenvalue weighted by Crippen LogP contribution is -2.50. The van der Waals surface area contributed by atoms with Crippen molar-refractivity contribution < 1.29 is 19.1 Å². The van der Waals surface area contributed by atoms with Crippen molar-refractivity contribution in [3.63, 3.8) is 0 Å². The summed E-state index contributed by atoms with van der Waals surface area (Å²) in [6.07, 6.45) is 8.67. The van der Waals surface area contributed by atoms with E-state index in [1.165, 1.54) is 10.7 Å². The van der Waals surface area contributed by atoms with Crippen LogP contribution in [0.25, 0.3) is 5.65 Å². The lowest BCUT2D eigenvalue weighted by Gasteiger charge is -2.36. The highest BCUT2D eigenvalue weighted by Gasteiger charge is 2.28. The summed E-state index contributed by atoms with van der Waals surface area (Å²) in [6.45, 7) is 7.64. The van der Waals surface area contributed by atoms with Crippen molar-refractivity contribution in [3.05, 3.63) is 35.9 Å². The van der Waals surface area contributed by atoms with Gasteiger partial charge in [0.2, 0.25) is 0 Å². The van der Waals surface area contributed by atoms with E-state index >= 15 is 0 Å². The van der Waals surface area contributed by atoms with Crippen LogP contribution < -0.4 is 10.2 Å². The first-order valence-corrected chi connectivity index (χ1v) is 13.5. The van der Waals surface area contributed by atoms with Crippen molar-refractivity contribution in [2.75, 3.05) is 36.4 Å². The smallest absolute Gasteiger partial charge is 0.410 e. The van der Waals surface area contributed by atoms with Crippen LogP contribution in [-0.2, 0) is 9.53 Å². The van der Waals surface area contributed by atoms with Gasteiger partial charge in [-0.3, -0.25) is 9.48 Å². The van der Waals surface area contributed by atoms with Gasteiger partial charge >= 0.3 is 6.09 Å². The van der Waals surface area contributed by atoms with Gasteiger partial charge in [-0.15, -0.1) is 0 Å². The highest BCUT2D eigenvalue weighted by atomic mass is 16.6. The summed E-state index contributed by atoms with van der Waals surface area (Å²) in [5, 5.41) is 21.1. The number of ether oxygens (including phenoxy) is 1. The Morgan fingerprint density at radius 3 is 2.52 bits per heavy atom. The zero-order valence-electron chi connectivity index (χ0n) is 22.9. The van der Waals surface area contributed by atoms with Gasteiger partial charge < -0.3 is 24.6 Å². The number of carbonyl (C=O) groups excluding carboxylic acids is 3. The van der Waals surface area contributed by atoms with Gasteiger partial charge in [0, 0.05) is 38.3 Å². The van der Waals surface area contributed by atoms with Gasteiger partial charge in [0.15, 0.2) is 11.3 Å². The summed E-state index contributed by atoms with van der Waals surface area (Å²) in [7, 11) is 0. The topological polar surface area (TPSA) is 151 Å². The Morgan fingerprint density at radius 2 is 1.88 bits per heavy atom. The first kappa shape index (κ1) is 27.1. The molecule has 2 fully saturated rings. The molecule has 0 radical (unpaired) electrons. The second-order valence-electron chi connectivity index (χ2n) is 11.2. The Hall–Kier alpha value is -4.47. The van der Waals surface area contributed by atoms with Crippen LogP contribution in [0.5, 0.6) is 0 Å². The second kappa shape index (κ2) is 11.0. The van der Waals surface area contributed by atoms with Gasteiger partial charge in [-0.1, -0.05) is 0 Å². The first-order chi connectivity index (χ1) is 19.1. The standard InChI is InChI=1S/C27H33N9O4/c1-27(2,3)40-26(39)34-12-10-33(11-13-34)23-8-9-35-24(31-23)20(15-29-35)25(38)30-22-16-36(32-21(22)14-28)19-6-4-18(17-37)5-7-19/h8-9,15-19H,4-7,10-13H2,1-3H3,(H,30,38). The molecule has 3 aromatic rings. The number of rotatable bonds is 5. The molecule has 5 rings (SSSR count). The molecule has 2 aliphatic rings. The van der Waals surface area contributed by atoms with Crippen molar-refractivity contribution in [2.24, 2.45) is 5.92 Å². The molecule has 0 bridgehead atoms. The Balaban J connectivity index is 1.28. The molecule has 0 unspecified atom stereocenters. The quantitative estimate of drug-likeness (QED) is 0.475. The van der Waals surface area contributed by atoms with E-state index in [-0.39, 0.29) is 29.3 Å². The van der Waals surface area contributed by atoms with Gasteiger partial charge in [0.25, 0.3) is 5.91 Å². The summed E-state index contributed by atoms with van der Waals surface area (Å²) in [4.78, 5) is 45.2. The number of anilines is 2. The van der Waals surface area contributed by atoms with Crippen LogP contribution in [0, 0.1) is 17.2 Å². The van der Waals surface area contributed by atoms with Crippen LogP contribution in [0.2, 0.25) is 0 Å². The van der Waals surface area contributed by atoms with Crippen LogP contribution in [0.4, 0.5) is 16.3 Å². The lowest BCUT2D eigenvalue weighted by atomic mass is 9.87. The highest BCUT2D eigenvalue weighted by molar-refractivity contribution is 6.08. The monoisotopic (exact) mass is 547 g/mol. The maximum atomic E-state index is 13.3. The third-order valence-electron chi connectivity index (χ3n) is 7.25. The Bertz CT molecular complexity index is 1450. The second-order valence-corrected chi connectivity index (χ2v) is 11.2. The van der Waals surface area contributed by atoms with E-state index in [1.807, 2.05) is 31.7 Å². The minimum Gasteiger partial charge on any atom is -0.444 e. The van der Waals surface area contributed by atoms with Gasteiger partial charge in [-0.05, 0) is 52.5 Å². The van der Waals surface area contributed by atoms with Crippen LogP contribution >= 0.6 is 0 Å². The minimum absolute atomic E-state index is 0.0725. The molecule has 1 saturated heterocycles. The lowest BCUT2D eigenvalue weighted by molar-refractivity contribution is -0.112. The molecule has 4 heterocycles. The summed E-state index contributed by atoms with van der Waals surface area (Å²) in [6, 6.07) is 3.95. The number of piperazine rings is 1. The number of hydrogen-bond donors (Lipinski definition) is 1. The zero-order valence-corrected chi connectivity index (χ0v) is 22.9. The molecule has 40 heavy (non-hydrogen) atoms. The maximum absolute atomic E-state index is 13.3. The molecule has 0 aromatic carbocycles. The van der Waals surface area contributed by atoms with Crippen molar-refractivity contribution >= 4 is 35.4 Å². The predicted molar refractivity (Wildman–Crippen MR) is 145 cm³/mol. The van der Waals surface area contributed by atoms with Crippen LogP contribution in [0.15, 0.2) is 24.7 Å². The van der Waals surface area contributed by atoms with Gasteiger partial charge in [0.05, 0.1) is 24.1 Å². The number of nitriles is 1. The molecule has 1 aliphatic heterocycles. The van der Waals surface area contributed by atoms with Crippen LogP contribution in [0.1, 0.15) is 68.5 Å². The predicted octanol–water partition coefficient (Wildman–Crippen LogP) is 3.04. The molecule has 0 atom stereocenters. The van der Waals surface area contributed by atoms with E-state index in [0.717, 1.165) is 32.0 Å². The van der Waals surface area contributed by atoms with Crippen molar-refractivity contribution in [2.45, 2.75) is 58.1 Å². The zero-order chi connectivity index (χ0) is 28.4. The third kappa shape index (κ3) is 5.75. The fraction of sp³-hybridized carbons (Fsp3) is 0.519. The molecule has 210 valence electrons. The molecule has 1 N–H and O–H groups in total. The molecule has 2 amide bonds. The number of fused-ring (bicyclic) bond motifs is 1. The number of hydrogen-bond acceptors (Lipinski definition) is 9. The SMILES string of the molecule is CC(C)(C)OC(=O)N1CCN(c2ccn3ncc(C(=O)Nc4cn(C5CCC(C=O)CC5)nc4C#N)c3n2)CC1. The summed E-state index contributed by atoms with van der Waals surface area (Å²) < 4.78 is 8.72. The third-order valence-corrected chi connectivity index (χ3v) is 7.25. The molecular weight excluding hydrogens is 514 g/mol. The van der Waals surface area contributed by atoms with Crippen LogP contribution in [-0.4, -0.2) is 79.3 Å². The molecule has 1 aliphatic carbocycles. The van der Waals surface area contributed by atoms with Gasteiger partial charge in [0.1, 0.15) is 29.3 Å². The molecule has 0 spiro atoms. The average molecular weight is 548 g/mol. The number of nitrogens with one attached hydrogen (secondary N) is 1. The number of aldehydes is 1. The molecule has 3 aromatic heterocycles. The molecular formula is C27H33N9O4. The van der Waals surface area contributed by atoms with Gasteiger partial charge in [-0.25, -0.2) is 14.3 Å². The van der Waals surface area contributed by atoms with E-state index in [1.54, 1.807) is 22.0 Å². The Morgan fingerprint density at radius 1 is 1.15 bits per heavy atom. The van der Waals surface area contributed by atoms with Crippen molar-refractivity contribution in [1.82, 2.24) is 29.3 Å². The normalized spacial score (nSPS) is 19.8. The summed E-state index contributed by atoms with van der Waals surface area (Å²) >= 11 is 0. The van der Waals surface area contributed by atoms with E-state index in [4.69, 9.17) is 9.72 Å². The van der Waals surface area contributed by atoms with Crippen LogP contribution in [0.3, 0.4) is 0 Å². The fourth-order valence-corrected chi connectivity index (χ4v) is 5.08. The van der Waals surface area contributed by atoms with Crippen molar-refractivity contribution in [1.29, 1.82) is 5.26 Å². The van der Waals surface area contributed by atoms with E-state index in [0.29, 0.717) is 43.3 Å². The molecule has 1 saturated carbocycles. The highest BCUT2D eigenvalue weighted by Crippen LogP contribution is 2.32.